The van der Waals surface area contributed by atoms with Crippen molar-refractivity contribution >= 4 is 23.0 Å². The number of ether oxygens (including phenoxy) is 1. The summed E-state index contributed by atoms with van der Waals surface area (Å²) in [4.78, 5) is 16.5. The van der Waals surface area contributed by atoms with Gasteiger partial charge in [0.25, 0.3) is 0 Å². The lowest BCUT2D eigenvalue weighted by atomic mass is 10.1. The lowest BCUT2D eigenvalue weighted by Gasteiger charge is -2.09. The van der Waals surface area contributed by atoms with E-state index in [-0.39, 0.29) is 6.61 Å². The number of nitrogens with zero attached hydrogens (tertiary/aromatic N) is 1. The van der Waals surface area contributed by atoms with Gasteiger partial charge in [-0.25, -0.2) is 9.78 Å². The summed E-state index contributed by atoms with van der Waals surface area (Å²) >= 11 is 1.48. The Labute approximate surface area is 132 Å². The molecule has 2 N–H and O–H groups in total. The average Bonchev–Trinajstić information content (AvgIpc) is 3.08. The van der Waals surface area contributed by atoms with Gasteiger partial charge < -0.3 is 10.5 Å². The second kappa shape index (κ2) is 6.41. The van der Waals surface area contributed by atoms with Crippen molar-refractivity contribution in [2.75, 3.05) is 5.73 Å². The van der Waals surface area contributed by atoms with Gasteiger partial charge in [-0.2, -0.15) is 0 Å². The fourth-order valence-corrected chi connectivity index (χ4v) is 2.76. The van der Waals surface area contributed by atoms with Crippen molar-refractivity contribution in [2.45, 2.75) is 6.61 Å². The number of anilines is 1. The van der Waals surface area contributed by atoms with Gasteiger partial charge in [0.05, 0.1) is 11.3 Å². The van der Waals surface area contributed by atoms with Crippen molar-refractivity contribution < 1.29 is 9.53 Å². The fourth-order valence-electron chi connectivity index (χ4n) is 2.09. The van der Waals surface area contributed by atoms with Crippen LogP contribution in [0, 0.1) is 0 Å². The van der Waals surface area contributed by atoms with E-state index in [2.05, 4.69) is 4.98 Å². The molecule has 0 saturated carbocycles. The second-order valence-corrected chi connectivity index (χ2v) is 5.56. The van der Waals surface area contributed by atoms with Crippen LogP contribution in [-0.2, 0) is 11.3 Å². The summed E-state index contributed by atoms with van der Waals surface area (Å²) in [5, 5.41) is 2.66. The van der Waals surface area contributed by atoms with Crippen molar-refractivity contribution in [3.8, 4) is 10.6 Å². The van der Waals surface area contributed by atoms with Crippen molar-refractivity contribution in [2.24, 2.45) is 0 Å². The van der Waals surface area contributed by atoms with E-state index in [1.807, 2.05) is 41.8 Å². The topological polar surface area (TPSA) is 65.2 Å². The first-order valence-electron chi connectivity index (χ1n) is 6.75. The molecule has 1 aromatic heterocycles. The van der Waals surface area contributed by atoms with Gasteiger partial charge in [-0.1, -0.05) is 36.4 Å². The predicted octanol–water partition coefficient (Wildman–Crippen LogP) is 3.75. The Kier molecular flexibility index (Phi) is 4.16. The molecular weight excluding hydrogens is 296 g/mol. The van der Waals surface area contributed by atoms with Crippen molar-refractivity contribution in [3.63, 3.8) is 0 Å². The molecule has 0 amide bonds. The van der Waals surface area contributed by atoms with Gasteiger partial charge in [0.2, 0.25) is 0 Å². The zero-order chi connectivity index (χ0) is 15.4. The van der Waals surface area contributed by atoms with E-state index >= 15 is 0 Å². The maximum atomic E-state index is 12.2. The molecule has 0 spiro atoms. The minimum Gasteiger partial charge on any atom is -0.457 e. The van der Waals surface area contributed by atoms with E-state index < -0.39 is 5.97 Å². The number of benzene rings is 2. The molecule has 3 rings (SSSR count). The molecule has 0 fully saturated rings. The minimum atomic E-state index is -0.431. The Morgan fingerprint density at radius 2 is 1.95 bits per heavy atom. The molecule has 3 aromatic rings. The van der Waals surface area contributed by atoms with Crippen LogP contribution in [0.4, 0.5) is 5.69 Å². The molecule has 4 nitrogen and oxygen atoms in total. The van der Waals surface area contributed by atoms with Crippen LogP contribution in [0.15, 0.2) is 60.1 Å². The molecule has 1 heterocycles. The number of carbonyl (C=O) groups excluding carboxylic acids is 1. The largest absolute Gasteiger partial charge is 0.457 e. The summed E-state index contributed by atoms with van der Waals surface area (Å²) < 4.78 is 5.33. The van der Waals surface area contributed by atoms with Crippen LogP contribution in [0.2, 0.25) is 0 Å². The molecule has 0 aliphatic heterocycles. The third-order valence-electron chi connectivity index (χ3n) is 3.20. The van der Waals surface area contributed by atoms with Crippen LogP contribution in [0.25, 0.3) is 10.6 Å². The molecule has 0 saturated heterocycles. The highest BCUT2D eigenvalue weighted by Gasteiger charge is 2.16. The number of hydrogen-bond acceptors (Lipinski definition) is 5. The van der Waals surface area contributed by atoms with Crippen molar-refractivity contribution in [3.05, 3.63) is 71.2 Å². The van der Waals surface area contributed by atoms with Gasteiger partial charge in [-0.3, -0.25) is 0 Å². The highest BCUT2D eigenvalue weighted by Crippen LogP contribution is 2.30. The molecule has 0 radical (unpaired) electrons. The number of aromatic nitrogens is 1. The van der Waals surface area contributed by atoms with Gasteiger partial charge >= 0.3 is 5.97 Å². The number of hydrogen-bond donors (Lipinski definition) is 1. The molecule has 22 heavy (non-hydrogen) atoms. The standard InChI is InChI=1S/C17H14N2O2S/c18-15-13(16-19-9-10-22-16)7-4-8-14(15)17(20)21-11-12-5-2-1-3-6-12/h1-10H,11,18H2. The van der Waals surface area contributed by atoms with E-state index in [0.29, 0.717) is 11.3 Å². The molecule has 0 atom stereocenters. The molecule has 0 aliphatic rings. The van der Waals surface area contributed by atoms with E-state index in [9.17, 15) is 4.79 Å². The third kappa shape index (κ3) is 2.99. The Morgan fingerprint density at radius 3 is 2.68 bits per heavy atom. The molecule has 2 aromatic carbocycles. The van der Waals surface area contributed by atoms with Crippen LogP contribution in [-0.4, -0.2) is 11.0 Å². The monoisotopic (exact) mass is 310 g/mol. The summed E-state index contributed by atoms with van der Waals surface area (Å²) in [6.45, 7) is 0.223. The number of thiazole rings is 1. The van der Waals surface area contributed by atoms with E-state index in [0.717, 1.165) is 16.1 Å². The van der Waals surface area contributed by atoms with Crippen LogP contribution in [0.1, 0.15) is 15.9 Å². The zero-order valence-electron chi connectivity index (χ0n) is 11.7. The number of nitrogens with two attached hydrogens (primary N) is 1. The number of carbonyl (C=O) groups is 1. The lowest BCUT2D eigenvalue weighted by Crippen LogP contribution is -2.09. The predicted molar refractivity (Wildman–Crippen MR) is 87.5 cm³/mol. The summed E-state index contributed by atoms with van der Waals surface area (Å²) in [5.74, 6) is -0.431. The number of para-hydroxylation sites is 1. The van der Waals surface area contributed by atoms with Gasteiger partial charge in [-0.05, 0) is 17.7 Å². The first-order chi connectivity index (χ1) is 10.8. The maximum Gasteiger partial charge on any atom is 0.340 e. The Hall–Kier alpha value is -2.66. The molecule has 5 heteroatoms. The van der Waals surface area contributed by atoms with Gasteiger partial charge in [0.1, 0.15) is 11.6 Å². The SMILES string of the molecule is Nc1c(C(=O)OCc2ccccc2)cccc1-c1nccs1. The summed E-state index contributed by atoms with van der Waals surface area (Å²) in [6, 6.07) is 14.8. The average molecular weight is 310 g/mol. The molecule has 110 valence electrons. The van der Waals surface area contributed by atoms with Crippen LogP contribution in [0.3, 0.4) is 0 Å². The third-order valence-corrected chi connectivity index (χ3v) is 4.01. The van der Waals surface area contributed by atoms with Crippen molar-refractivity contribution in [1.29, 1.82) is 0 Å². The lowest BCUT2D eigenvalue weighted by molar-refractivity contribution is 0.0474. The highest BCUT2D eigenvalue weighted by atomic mass is 32.1. The maximum absolute atomic E-state index is 12.2. The first kappa shape index (κ1) is 14.3. The van der Waals surface area contributed by atoms with E-state index in [1.165, 1.54) is 11.3 Å². The molecule has 0 aliphatic carbocycles. The normalized spacial score (nSPS) is 10.4. The Bertz CT molecular complexity index is 771. The number of rotatable bonds is 4. The smallest absolute Gasteiger partial charge is 0.340 e. The van der Waals surface area contributed by atoms with Crippen molar-refractivity contribution in [1.82, 2.24) is 4.98 Å². The number of esters is 1. The highest BCUT2D eigenvalue weighted by molar-refractivity contribution is 7.13. The summed E-state index contributed by atoms with van der Waals surface area (Å²) in [6.07, 6.45) is 1.71. The van der Waals surface area contributed by atoms with Gasteiger partial charge in [-0.15, -0.1) is 11.3 Å². The molecule has 0 unspecified atom stereocenters. The van der Waals surface area contributed by atoms with E-state index in [1.54, 1.807) is 18.3 Å². The van der Waals surface area contributed by atoms with Crippen LogP contribution < -0.4 is 5.73 Å². The quantitative estimate of drug-likeness (QED) is 0.589. The Balaban J connectivity index is 1.80. The van der Waals surface area contributed by atoms with Crippen LogP contribution >= 0.6 is 11.3 Å². The summed E-state index contributed by atoms with van der Waals surface area (Å²) in [7, 11) is 0. The first-order valence-corrected chi connectivity index (χ1v) is 7.63. The van der Waals surface area contributed by atoms with Crippen LogP contribution in [0.5, 0.6) is 0 Å². The minimum absolute atomic E-state index is 0.223. The van der Waals surface area contributed by atoms with Gasteiger partial charge in [0.15, 0.2) is 0 Å². The zero-order valence-corrected chi connectivity index (χ0v) is 12.5. The Morgan fingerprint density at radius 1 is 1.14 bits per heavy atom. The fraction of sp³-hybridized carbons (Fsp3) is 0.0588. The molecular formula is C17H14N2O2S. The second-order valence-electron chi connectivity index (χ2n) is 4.67. The summed E-state index contributed by atoms with van der Waals surface area (Å²) in [5.41, 5.74) is 8.56. The van der Waals surface area contributed by atoms with E-state index in [4.69, 9.17) is 10.5 Å². The number of nitrogen functional groups attached to an aromatic ring is 1. The molecule has 0 bridgehead atoms. The van der Waals surface area contributed by atoms with Gasteiger partial charge in [0, 0.05) is 17.1 Å².